The minimum absolute atomic E-state index is 0.124. The Kier molecular flexibility index (Phi) is 2.32. The summed E-state index contributed by atoms with van der Waals surface area (Å²) in [5.41, 5.74) is 6.69. The average Bonchev–Trinajstić information content (AvgIpc) is 2.54. The SMILES string of the molecule is N#Cc1c(Cl)nc(N)n1-c1ccccc1. The van der Waals surface area contributed by atoms with Crippen molar-refractivity contribution in [2.45, 2.75) is 0 Å². The minimum Gasteiger partial charge on any atom is -0.369 e. The number of hydrogen-bond donors (Lipinski definition) is 1. The van der Waals surface area contributed by atoms with E-state index in [1.165, 1.54) is 4.57 Å². The van der Waals surface area contributed by atoms with Gasteiger partial charge in [0.1, 0.15) is 6.07 Å². The molecule has 0 amide bonds. The number of anilines is 1. The molecule has 0 atom stereocenters. The number of imidazole rings is 1. The van der Waals surface area contributed by atoms with Gasteiger partial charge >= 0.3 is 0 Å². The van der Waals surface area contributed by atoms with Crippen LogP contribution in [-0.4, -0.2) is 9.55 Å². The first-order chi connectivity index (χ1) is 7.24. The van der Waals surface area contributed by atoms with Crippen LogP contribution in [-0.2, 0) is 0 Å². The van der Waals surface area contributed by atoms with E-state index in [4.69, 9.17) is 22.6 Å². The van der Waals surface area contributed by atoms with Crippen molar-refractivity contribution in [2.75, 3.05) is 5.73 Å². The molecule has 1 heterocycles. The van der Waals surface area contributed by atoms with Crippen LogP contribution in [0.3, 0.4) is 0 Å². The van der Waals surface area contributed by atoms with E-state index in [-0.39, 0.29) is 16.8 Å². The quantitative estimate of drug-likeness (QED) is 0.796. The molecule has 0 spiro atoms. The Balaban J connectivity index is 2.69. The van der Waals surface area contributed by atoms with Crippen molar-refractivity contribution in [2.24, 2.45) is 0 Å². The van der Waals surface area contributed by atoms with Gasteiger partial charge in [0.15, 0.2) is 10.8 Å². The van der Waals surface area contributed by atoms with Gasteiger partial charge in [-0.3, -0.25) is 4.57 Å². The Hall–Kier alpha value is -1.99. The Labute approximate surface area is 91.5 Å². The number of nitrogen functional groups attached to an aromatic ring is 1. The summed E-state index contributed by atoms with van der Waals surface area (Å²) in [6.07, 6.45) is 0. The molecule has 1 aromatic carbocycles. The van der Waals surface area contributed by atoms with E-state index >= 15 is 0 Å². The summed E-state index contributed by atoms with van der Waals surface area (Å²) in [6, 6.07) is 11.2. The lowest BCUT2D eigenvalue weighted by atomic mass is 10.3. The van der Waals surface area contributed by atoms with Crippen LogP contribution in [0.25, 0.3) is 5.69 Å². The average molecular weight is 219 g/mol. The molecule has 0 aliphatic carbocycles. The van der Waals surface area contributed by atoms with Gasteiger partial charge < -0.3 is 5.73 Å². The third kappa shape index (κ3) is 1.53. The topological polar surface area (TPSA) is 67.6 Å². The van der Waals surface area contributed by atoms with Crippen LogP contribution in [0, 0.1) is 11.3 Å². The molecule has 0 saturated carbocycles. The molecule has 5 heteroatoms. The summed E-state index contributed by atoms with van der Waals surface area (Å²) in [7, 11) is 0. The maximum Gasteiger partial charge on any atom is 0.207 e. The van der Waals surface area contributed by atoms with Gasteiger partial charge in [0.2, 0.25) is 5.95 Å². The molecular weight excluding hydrogens is 212 g/mol. The maximum atomic E-state index is 8.92. The van der Waals surface area contributed by atoms with E-state index in [0.29, 0.717) is 0 Å². The van der Waals surface area contributed by atoms with Crippen molar-refractivity contribution in [3.8, 4) is 11.8 Å². The van der Waals surface area contributed by atoms with Gasteiger partial charge in [-0.05, 0) is 12.1 Å². The molecule has 2 aromatic rings. The smallest absolute Gasteiger partial charge is 0.207 e. The third-order valence-electron chi connectivity index (χ3n) is 1.98. The van der Waals surface area contributed by atoms with Crippen LogP contribution in [0.2, 0.25) is 5.15 Å². The van der Waals surface area contributed by atoms with Gasteiger partial charge in [-0.1, -0.05) is 29.8 Å². The minimum atomic E-state index is 0.124. The van der Waals surface area contributed by atoms with Crippen molar-refractivity contribution in [1.82, 2.24) is 9.55 Å². The normalized spacial score (nSPS) is 9.87. The molecule has 4 nitrogen and oxygen atoms in total. The van der Waals surface area contributed by atoms with Gasteiger partial charge in [0, 0.05) is 5.69 Å². The zero-order valence-corrected chi connectivity index (χ0v) is 8.44. The molecule has 0 aliphatic rings. The number of nitrogens with zero attached hydrogens (tertiary/aromatic N) is 3. The Bertz CT molecular complexity index is 524. The molecule has 0 saturated heterocycles. The van der Waals surface area contributed by atoms with E-state index in [1.807, 2.05) is 36.4 Å². The second-order valence-corrected chi connectivity index (χ2v) is 3.25. The van der Waals surface area contributed by atoms with Crippen molar-refractivity contribution in [3.05, 3.63) is 41.2 Å². The summed E-state index contributed by atoms with van der Waals surface area (Å²) < 4.78 is 1.52. The number of rotatable bonds is 1. The van der Waals surface area contributed by atoms with Crippen molar-refractivity contribution >= 4 is 17.5 Å². The fourth-order valence-electron chi connectivity index (χ4n) is 1.34. The third-order valence-corrected chi connectivity index (χ3v) is 2.24. The van der Waals surface area contributed by atoms with E-state index in [2.05, 4.69) is 4.98 Å². The monoisotopic (exact) mass is 218 g/mol. The zero-order chi connectivity index (χ0) is 10.8. The summed E-state index contributed by atoms with van der Waals surface area (Å²) in [5, 5.41) is 9.05. The standard InChI is InChI=1S/C10H7ClN4/c11-9-8(6-12)15(10(13)14-9)7-4-2-1-3-5-7/h1-5H,(H2,13,14). The number of para-hydroxylation sites is 1. The van der Waals surface area contributed by atoms with E-state index in [1.54, 1.807) is 0 Å². The van der Waals surface area contributed by atoms with Gasteiger partial charge in [-0.15, -0.1) is 0 Å². The lowest BCUT2D eigenvalue weighted by Crippen LogP contribution is -2.02. The highest BCUT2D eigenvalue weighted by atomic mass is 35.5. The van der Waals surface area contributed by atoms with E-state index in [0.717, 1.165) is 5.69 Å². The second-order valence-electron chi connectivity index (χ2n) is 2.89. The summed E-state index contributed by atoms with van der Waals surface area (Å²) >= 11 is 5.77. The number of nitrogens with two attached hydrogens (primary N) is 1. The first-order valence-corrected chi connectivity index (χ1v) is 4.61. The Morgan fingerprint density at radius 3 is 2.60 bits per heavy atom. The van der Waals surface area contributed by atoms with Gasteiger partial charge in [0.25, 0.3) is 0 Å². The largest absolute Gasteiger partial charge is 0.369 e. The van der Waals surface area contributed by atoms with Crippen LogP contribution >= 0.6 is 11.6 Å². The van der Waals surface area contributed by atoms with Crippen molar-refractivity contribution < 1.29 is 0 Å². The lowest BCUT2D eigenvalue weighted by molar-refractivity contribution is 1.05. The number of hydrogen-bond acceptors (Lipinski definition) is 3. The van der Waals surface area contributed by atoms with Crippen LogP contribution in [0.15, 0.2) is 30.3 Å². The highest BCUT2D eigenvalue weighted by Crippen LogP contribution is 2.22. The molecule has 1 aromatic heterocycles. The lowest BCUT2D eigenvalue weighted by Gasteiger charge is -2.04. The number of aromatic nitrogens is 2. The predicted octanol–water partition coefficient (Wildman–Crippen LogP) is 1.98. The molecule has 0 radical (unpaired) electrons. The summed E-state index contributed by atoms with van der Waals surface area (Å²) in [4.78, 5) is 3.84. The van der Waals surface area contributed by atoms with E-state index < -0.39 is 0 Å². The van der Waals surface area contributed by atoms with E-state index in [9.17, 15) is 0 Å². The Morgan fingerprint density at radius 1 is 1.33 bits per heavy atom. The van der Waals surface area contributed by atoms with Crippen LogP contribution in [0.4, 0.5) is 5.95 Å². The molecule has 0 unspecified atom stereocenters. The molecule has 74 valence electrons. The highest BCUT2D eigenvalue weighted by Gasteiger charge is 2.14. The summed E-state index contributed by atoms with van der Waals surface area (Å²) in [6.45, 7) is 0. The first kappa shape index (κ1) is 9.56. The fraction of sp³-hybridized carbons (Fsp3) is 0. The molecule has 0 bridgehead atoms. The molecule has 0 fully saturated rings. The van der Waals surface area contributed by atoms with Gasteiger partial charge in [-0.25, -0.2) is 0 Å². The number of halogens is 1. The number of benzene rings is 1. The molecule has 2 N–H and O–H groups in total. The molecule has 15 heavy (non-hydrogen) atoms. The Morgan fingerprint density at radius 2 is 2.00 bits per heavy atom. The summed E-state index contributed by atoms with van der Waals surface area (Å²) in [5.74, 6) is 0.211. The van der Waals surface area contributed by atoms with Gasteiger partial charge in [0.05, 0.1) is 0 Å². The predicted molar refractivity (Wildman–Crippen MR) is 57.7 cm³/mol. The van der Waals surface area contributed by atoms with Crippen LogP contribution in [0.1, 0.15) is 5.69 Å². The molecule has 0 aliphatic heterocycles. The van der Waals surface area contributed by atoms with Crippen molar-refractivity contribution in [3.63, 3.8) is 0 Å². The maximum absolute atomic E-state index is 8.92. The van der Waals surface area contributed by atoms with Crippen molar-refractivity contribution in [1.29, 1.82) is 5.26 Å². The first-order valence-electron chi connectivity index (χ1n) is 4.23. The second kappa shape index (κ2) is 3.64. The highest BCUT2D eigenvalue weighted by molar-refractivity contribution is 6.30. The fourth-order valence-corrected chi connectivity index (χ4v) is 1.56. The van der Waals surface area contributed by atoms with Gasteiger partial charge in [-0.2, -0.15) is 10.2 Å². The zero-order valence-electron chi connectivity index (χ0n) is 7.68. The van der Waals surface area contributed by atoms with Crippen LogP contribution in [0.5, 0.6) is 0 Å². The number of nitriles is 1. The molecular formula is C10H7ClN4. The molecule has 2 rings (SSSR count). The van der Waals surface area contributed by atoms with Crippen LogP contribution < -0.4 is 5.73 Å².